The smallest absolute Gasteiger partial charge is 0.406 e. The Morgan fingerprint density at radius 1 is 1.56 bits per heavy atom. The van der Waals surface area contributed by atoms with Crippen molar-refractivity contribution in [2.24, 2.45) is 0 Å². The molecule has 0 unspecified atom stereocenters. The number of methoxy groups -OCH3 is 1. The van der Waals surface area contributed by atoms with E-state index in [1.807, 2.05) is 5.16 Å². The summed E-state index contributed by atoms with van der Waals surface area (Å²) in [6.45, 7) is 0.0789. The van der Waals surface area contributed by atoms with Gasteiger partial charge in [-0.25, -0.2) is 9.59 Å². The number of carbonyl (C=O) groups is 2. The molecular weight excluding hydrogens is 220 g/mol. The van der Waals surface area contributed by atoms with Crippen LogP contribution in [0, 0.1) is 0 Å². The summed E-state index contributed by atoms with van der Waals surface area (Å²) in [6.07, 6.45) is -0.612. The van der Waals surface area contributed by atoms with E-state index >= 15 is 0 Å². The van der Waals surface area contributed by atoms with Crippen molar-refractivity contribution in [1.82, 2.24) is 10.5 Å². The molecule has 1 rings (SSSR count). The normalized spacial score (nSPS) is 9.81. The molecule has 16 heavy (non-hydrogen) atoms. The number of hydrogen-bond acceptors (Lipinski definition) is 5. The molecule has 0 aliphatic rings. The van der Waals surface area contributed by atoms with Gasteiger partial charge in [0, 0.05) is 6.54 Å². The second-order valence-electron chi connectivity index (χ2n) is 2.81. The van der Waals surface area contributed by atoms with Gasteiger partial charge in [-0.2, -0.15) is 5.16 Å². The topological polar surface area (TPSA) is 122 Å². The highest BCUT2D eigenvalue weighted by Crippen LogP contribution is 2.03. The van der Waals surface area contributed by atoms with Crippen molar-refractivity contribution in [1.29, 1.82) is 0 Å². The van der Waals surface area contributed by atoms with Crippen LogP contribution in [0.4, 0.5) is 4.79 Å². The highest BCUT2D eigenvalue weighted by Gasteiger charge is 2.18. The number of carboxylic acids is 1. The van der Waals surface area contributed by atoms with Gasteiger partial charge in [0.25, 0.3) is 5.56 Å². The van der Waals surface area contributed by atoms with Gasteiger partial charge in [0.2, 0.25) is 5.76 Å². The van der Waals surface area contributed by atoms with Crippen LogP contribution >= 0.6 is 0 Å². The minimum Gasteiger partial charge on any atom is -0.475 e. The number of ether oxygens (including phenoxy) is 1. The van der Waals surface area contributed by atoms with Crippen molar-refractivity contribution in [2.45, 2.75) is 6.42 Å². The van der Waals surface area contributed by atoms with Crippen LogP contribution in [0.5, 0.6) is 0 Å². The molecule has 0 aliphatic carbocycles. The molecule has 0 radical (unpaired) electrons. The fourth-order valence-electron chi connectivity index (χ4n) is 1.09. The Balaban J connectivity index is 2.66. The summed E-state index contributed by atoms with van der Waals surface area (Å²) in [5.74, 6) is -1.79. The summed E-state index contributed by atoms with van der Waals surface area (Å²) in [5, 5.41) is 12.9. The van der Waals surface area contributed by atoms with Gasteiger partial charge in [-0.3, -0.25) is 4.79 Å². The Hall–Kier alpha value is -2.25. The number of alkyl carbamates (subject to hydrolysis) is 1. The molecule has 0 aromatic carbocycles. The summed E-state index contributed by atoms with van der Waals surface area (Å²) in [5.41, 5.74) is -0.645. The van der Waals surface area contributed by atoms with Gasteiger partial charge in [-0.15, -0.1) is 0 Å². The number of carbonyl (C=O) groups excluding carboxylic acids is 1. The number of carboxylic acid groups (broad SMARTS) is 1. The number of nitrogens with one attached hydrogen (secondary N) is 2. The molecule has 1 heterocycles. The van der Waals surface area contributed by atoms with Gasteiger partial charge in [-0.1, -0.05) is 0 Å². The second kappa shape index (κ2) is 5.01. The Labute approximate surface area is 89.2 Å². The standard InChI is InChI=1S/C8H10N2O6/c1-15-8(14)9-3-2-4-5(7(12)13)16-10-6(4)11/h2-3H2,1H3,(H,9,14)(H,10,11)(H,12,13). The van der Waals surface area contributed by atoms with E-state index in [9.17, 15) is 14.4 Å². The fourth-order valence-corrected chi connectivity index (χ4v) is 1.09. The van der Waals surface area contributed by atoms with E-state index in [-0.39, 0.29) is 18.5 Å². The summed E-state index contributed by atoms with van der Waals surface area (Å²) in [4.78, 5) is 32.4. The summed E-state index contributed by atoms with van der Waals surface area (Å²) in [7, 11) is 1.20. The zero-order valence-electron chi connectivity index (χ0n) is 8.40. The Morgan fingerprint density at radius 3 is 2.81 bits per heavy atom. The lowest BCUT2D eigenvalue weighted by molar-refractivity contribution is 0.0650. The van der Waals surface area contributed by atoms with Crippen LogP contribution in [0.2, 0.25) is 0 Å². The van der Waals surface area contributed by atoms with Gasteiger partial charge in [0.15, 0.2) is 0 Å². The number of rotatable bonds is 4. The van der Waals surface area contributed by atoms with Gasteiger partial charge in [0.1, 0.15) is 0 Å². The molecule has 0 aliphatic heterocycles. The number of aromatic nitrogens is 1. The van der Waals surface area contributed by atoms with E-state index in [1.54, 1.807) is 0 Å². The van der Waals surface area contributed by atoms with E-state index in [2.05, 4.69) is 14.6 Å². The Kier molecular flexibility index (Phi) is 3.70. The van der Waals surface area contributed by atoms with Crippen LogP contribution in [-0.4, -0.2) is 36.0 Å². The van der Waals surface area contributed by atoms with Crippen LogP contribution in [0.3, 0.4) is 0 Å². The molecule has 0 spiro atoms. The van der Waals surface area contributed by atoms with Crippen molar-refractivity contribution in [2.75, 3.05) is 13.7 Å². The molecule has 0 atom stereocenters. The number of H-pyrrole nitrogens is 1. The molecule has 8 nitrogen and oxygen atoms in total. The van der Waals surface area contributed by atoms with Crippen LogP contribution in [-0.2, 0) is 11.2 Å². The lowest BCUT2D eigenvalue weighted by Gasteiger charge is -2.01. The summed E-state index contributed by atoms with van der Waals surface area (Å²) >= 11 is 0. The predicted molar refractivity (Wildman–Crippen MR) is 50.4 cm³/mol. The average molecular weight is 230 g/mol. The zero-order valence-corrected chi connectivity index (χ0v) is 8.40. The van der Waals surface area contributed by atoms with Crippen LogP contribution in [0.25, 0.3) is 0 Å². The molecule has 0 fully saturated rings. The first-order chi connectivity index (χ1) is 7.56. The maximum atomic E-state index is 11.1. The third kappa shape index (κ3) is 2.62. The van der Waals surface area contributed by atoms with Crippen LogP contribution in [0.15, 0.2) is 9.32 Å². The Morgan fingerprint density at radius 2 is 2.25 bits per heavy atom. The SMILES string of the molecule is COC(=O)NCCc1c(C(=O)O)o[nH]c1=O. The zero-order chi connectivity index (χ0) is 12.1. The van der Waals surface area contributed by atoms with Crippen molar-refractivity contribution in [3.05, 3.63) is 21.7 Å². The Bertz CT molecular complexity index is 446. The molecule has 0 bridgehead atoms. The van der Waals surface area contributed by atoms with E-state index in [1.165, 1.54) is 7.11 Å². The van der Waals surface area contributed by atoms with Crippen LogP contribution < -0.4 is 10.9 Å². The van der Waals surface area contributed by atoms with Crippen molar-refractivity contribution >= 4 is 12.1 Å². The molecule has 8 heteroatoms. The highest BCUT2D eigenvalue weighted by atomic mass is 16.5. The maximum absolute atomic E-state index is 11.1. The van der Waals surface area contributed by atoms with E-state index in [0.29, 0.717) is 0 Å². The first kappa shape index (κ1) is 11.8. The molecule has 0 saturated carbocycles. The summed E-state index contributed by atoms with van der Waals surface area (Å²) in [6, 6.07) is 0. The largest absolute Gasteiger partial charge is 0.475 e. The van der Waals surface area contributed by atoms with Gasteiger partial charge >= 0.3 is 12.1 Å². The van der Waals surface area contributed by atoms with Crippen molar-refractivity contribution in [3.63, 3.8) is 0 Å². The third-order valence-corrected chi connectivity index (χ3v) is 1.82. The first-order valence-corrected chi connectivity index (χ1v) is 4.31. The number of amides is 1. The molecule has 88 valence electrons. The lowest BCUT2D eigenvalue weighted by Crippen LogP contribution is -2.27. The van der Waals surface area contributed by atoms with E-state index in [0.717, 1.165) is 0 Å². The van der Waals surface area contributed by atoms with E-state index < -0.39 is 23.4 Å². The second-order valence-corrected chi connectivity index (χ2v) is 2.81. The third-order valence-electron chi connectivity index (χ3n) is 1.82. The van der Waals surface area contributed by atoms with E-state index in [4.69, 9.17) is 5.11 Å². The van der Waals surface area contributed by atoms with Gasteiger partial charge in [0.05, 0.1) is 12.7 Å². The molecule has 1 amide bonds. The molecule has 1 aromatic heterocycles. The highest BCUT2D eigenvalue weighted by molar-refractivity contribution is 5.85. The monoisotopic (exact) mass is 230 g/mol. The molecular formula is C8H10N2O6. The fraction of sp³-hybridized carbons (Fsp3) is 0.375. The predicted octanol–water partition coefficient (Wildman–Crippen LogP) is -0.435. The van der Waals surface area contributed by atoms with Crippen molar-refractivity contribution in [3.8, 4) is 0 Å². The van der Waals surface area contributed by atoms with Crippen molar-refractivity contribution < 1.29 is 24.0 Å². The number of hydrogen-bond donors (Lipinski definition) is 3. The average Bonchev–Trinajstić information content (AvgIpc) is 2.60. The number of aromatic amines is 1. The maximum Gasteiger partial charge on any atom is 0.406 e. The molecule has 0 saturated heterocycles. The molecule has 3 N–H and O–H groups in total. The number of aromatic carboxylic acids is 1. The van der Waals surface area contributed by atoms with Gasteiger partial charge < -0.3 is 19.7 Å². The summed E-state index contributed by atoms with van der Waals surface area (Å²) < 4.78 is 8.76. The molecule has 1 aromatic rings. The quantitative estimate of drug-likeness (QED) is 0.644. The lowest BCUT2D eigenvalue weighted by atomic mass is 10.2. The minimum atomic E-state index is -1.34. The van der Waals surface area contributed by atoms with Crippen LogP contribution in [0.1, 0.15) is 16.1 Å². The van der Waals surface area contributed by atoms with Gasteiger partial charge in [-0.05, 0) is 6.42 Å². The minimum absolute atomic E-state index is 0.0242. The first-order valence-electron chi connectivity index (χ1n) is 4.31.